The normalized spacial score (nSPS) is 10.1. The molecule has 0 aliphatic rings. The molecule has 0 amide bonds. The van der Waals surface area contributed by atoms with Gasteiger partial charge in [-0.25, -0.2) is 4.98 Å². The topological polar surface area (TPSA) is 35.0 Å². The SMILES string of the molecule is Fc1ncccc1OCCc1ccccn1. The fraction of sp³-hybridized carbons (Fsp3) is 0.167. The Bertz CT molecular complexity index is 448. The molecule has 0 spiro atoms. The number of hydrogen-bond donors (Lipinski definition) is 0. The first kappa shape index (κ1) is 10.5. The van der Waals surface area contributed by atoms with Crippen LogP contribution >= 0.6 is 0 Å². The van der Waals surface area contributed by atoms with Gasteiger partial charge in [0.1, 0.15) is 0 Å². The molecule has 0 unspecified atom stereocenters. The van der Waals surface area contributed by atoms with Crippen molar-refractivity contribution < 1.29 is 9.13 Å². The molecule has 0 saturated heterocycles. The van der Waals surface area contributed by atoms with Crippen LogP contribution in [0.4, 0.5) is 4.39 Å². The van der Waals surface area contributed by atoms with Crippen LogP contribution in [-0.2, 0) is 6.42 Å². The van der Waals surface area contributed by atoms with Crippen molar-refractivity contribution in [3.05, 3.63) is 54.4 Å². The minimum atomic E-state index is -0.580. The minimum absolute atomic E-state index is 0.179. The lowest BCUT2D eigenvalue weighted by atomic mass is 10.3. The second-order valence-corrected chi connectivity index (χ2v) is 3.21. The first-order valence-electron chi connectivity index (χ1n) is 4.99. The third kappa shape index (κ3) is 2.76. The molecule has 0 radical (unpaired) electrons. The molecule has 2 aromatic rings. The Morgan fingerprint density at radius 2 is 1.94 bits per heavy atom. The van der Waals surface area contributed by atoms with Gasteiger partial charge in [-0.1, -0.05) is 6.07 Å². The zero-order valence-corrected chi connectivity index (χ0v) is 8.64. The van der Waals surface area contributed by atoms with Gasteiger partial charge in [0.05, 0.1) is 6.61 Å². The Labute approximate surface area is 92.9 Å². The van der Waals surface area contributed by atoms with Gasteiger partial charge in [-0.05, 0) is 24.3 Å². The van der Waals surface area contributed by atoms with Gasteiger partial charge < -0.3 is 4.74 Å². The second-order valence-electron chi connectivity index (χ2n) is 3.21. The van der Waals surface area contributed by atoms with E-state index >= 15 is 0 Å². The Balaban J connectivity index is 1.87. The van der Waals surface area contributed by atoms with E-state index in [4.69, 9.17) is 4.74 Å². The monoisotopic (exact) mass is 218 g/mol. The van der Waals surface area contributed by atoms with E-state index in [2.05, 4.69) is 9.97 Å². The van der Waals surface area contributed by atoms with Gasteiger partial charge in [0, 0.05) is 24.5 Å². The molecule has 0 N–H and O–H groups in total. The van der Waals surface area contributed by atoms with Crippen LogP contribution in [0.5, 0.6) is 5.75 Å². The summed E-state index contributed by atoms with van der Waals surface area (Å²) in [6.45, 7) is 0.389. The molecular formula is C12H11FN2O. The lowest BCUT2D eigenvalue weighted by molar-refractivity contribution is 0.299. The second kappa shape index (κ2) is 5.21. The van der Waals surface area contributed by atoms with Gasteiger partial charge in [0.2, 0.25) is 0 Å². The van der Waals surface area contributed by atoms with Gasteiger partial charge >= 0.3 is 0 Å². The highest BCUT2D eigenvalue weighted by Crippen LogP contribution is 2.12. The lowest BCUT2D eigenvalue weighted by Gasteiger charge is -2.05. The summed E-state index contributed by atoms with van der Waals surface area (Å²) in [4.78, 5) is 7.64. The minimum Gasteiger partial charge on any atom is -0.488 e. The summed E-state index contributed by atoms with van der Waals surface area (Å²) in [6, 6.07) is 8.86. The number of pyridine rings is 2. The Morgan fingerprint density at radius 3 is 2.69 bits per heavy atom. The summed E-state index contributed by atoms with van der Waals surface area (Å²) >= 11 is 0. The Kier molecular flexibility index (Phi) is 3.43. The van der Waals surface area contributed by atoms with E-state index in [1.165, 1.54) is 6.20 Å². The van der Waals surface area contributed by atoms with Crippen molar-refractivity contribution in [1.29, 1.82) is 0 Å². The summed E-state index contributed by atoms with van der Waals surface area (Å²) in [5, 5.41) is 0. The van der Waals surface area contributed by atoms with E-state index in [1.807, 2.05) is 18.2 Å². The van der Waals surface area contributed by atoms with Crippen molar-refractivity contribution in [2.75, 3.05) is 6.61 Å². The van der Waals surface area contributed by atoms with E-state index in [1.54, 1.807) is 18.3 Å². The van der Waals surface area contributed by atoms with Gasteiger partial charge in [-0.15, -0.1) is 0 Å². The molecule has 2 rings (SSSR count). The quantitative estimate of drug-likeness (QED) is 0.738. The molecule has 0 fully saturated rings. The molecule has 4 heteroatoms. The highest BCUT2D eigenvalue weighted by molar-refractivity contribution is 5.17. The highest BCUT2D eigenvalue weighted by atomic mass is 19.1. The van der Waals surface area contributed by atoms with E-state index in [9.17, 15) is 4.39 Å². The average Bonchev–Trinajstić information content (AvgIpc) is 2.33. The Morgan fingerprint density at radius 1 is 1.06 bits per heavy atom. The van der Waals surface area contributed by atoms with Crippen molar-refractivity contribution in [2.45, 2.75) is 6.42 Å². The van der Waals surface area contributed by atoms with E-state index in [0.29, 0.717) is 13.0 Å². The third-order valence-electron chi connectivity index (χ3n) is 2.07. The van der Waals surface area contributed by atoms with Crippen LogP contribution in [0.15, 0.2) is 42.7 Å². The average molecular weight is 218 g/mol. The number of halogens is 1. The van der Waals surface area contributed by atoms with Crippen LogP contribution in [0.25, 0.3) is 0 Å². The Hall–Kier alpha value is -1.97. The summed E-state index contributed by atoms with van der Waals surface area (Å²) in [5.74, 6) is -0.401. The van der Waals surface area contributed by atoms with Crippen LogP contribution in [-0.4, -0.2) is 16.6 Å². The molecular weight excluding hydrogens is 207 g/mol. The van der Waals surface area contributed by atoms with Crippen molar-refractivity contribution in [3.63, 3.8) is 0 Å². The maximum atomic E-state index is 13.1. The molecule has 0 aromatic carbocycles. The number of ether oxygens (including phenoxy) is 1. The predicted molar refractivity (Wildman–Crippen MR) is 57.6 cm³/mol. The first-order chi connectivity index (χ1) is 7.86. The highest BCUT2D eigenvalue weighted by Gasteiger charge is 2.02. The summed E-state index contributed by atoms with van der Waals surface area (Å²) in [5.41, 5.74) is 0.923. The summed E-state index contributed by atoms with van der Waals surface area (Å²) < 4.78 is 18.3. The summed E-state index contributed by atoms with van der Waals surface area (Å²) in [6.07, 6.45) is 3.76. The fourth-order valence-corrected chi connectivity index (χ4v) is 1.29. The standard InChI is InChI=1S/C12H11FN2O/c13-12-11(5-3-8-15-12)16-9-6-10-4-1-2-7-14-10/h1-5,7-8H,6,9H2. The number of nitrogens with zero attached hydrogens (tertiary/aromatic N) is 2. The number of rotatable bonds is 4. The van der Waals surface area contributed by atoms with Gasteiger partial charge in [0.15, 0.2) is 5.75 Å². The van der Waals surface area contributed by atoms with Crippen LogP contribution in [0.2, 0.25) is 0 Å². The van der Waals surface area contributed by atoms with Crippen molar-refractivity contribution >= 4 is 0 Å². The smallest absolute Gasteiger partial charge is 0.255 e. The zero-order chi connectivity index (χ0) is 11.2. The van der Waals surface area contributed by atoms with Crippen LogP contribution in [0.3, 0.4) is 0 Å². The van der Waals surface area contributed by atoms with Crippen molar-refractivity contribution in [3.8, 4) is 5.75 Å². The van der Waals surface area contributed by atoms with Gasteiger partial charge in [-0.2, -0.15) is 4.39 Å². The molecule has 0 atom stereocenters. The maximum absolute atomic E-state index is 13.1. The lowest BCUT2D eigenvalue weighted by Crippen LogP contribution is -2.04. The van der Waals surface area contributed by atoms with Crippen LogP contribution < -0.4 is 4.74 Å². The molecule has 3 nitrogen and oxygen atoms in total. The molecule has 0 bridgehead atoms. The molecule has 0 aliphatic heterocycles. The van der Waals surface area contributed by atoms with Gasteiger partial charge in [-0.3, -0.25) is 4.98 Å². The van der Waals surface area contributed by atoms with Gasteiger partial charge in [0.25, 0.3) is 5.95 Å². The number of hydrogen-bond acceptors (Lipinski definition) is 3. The van der Waals surface area contributed by atoms with E-state index in [0.717, 1.165) is 5.69 Å². The maximum Gasteiger partial charge on any atom is 0.255 e. The fourth-order valence-electron chi connectivity index (χ4n) is 1.29. The first-order valence-corrected chi connectivity index (χ1v) is 4.99. The number of aromatic nitrogens is 2. The largest absolute Gasteiger partial charge is 0.488 e. The molecule has 2 aromatic heterocycles. The predicted octanol–water partition coefficient (Wildman–Crippen LogP) is 2.24. The van der Waals surface area contributed by atoms with Crippen LogP contribution in [0, 0.1) is 5.95 Å². The zero-order valence-electron chi connectivity index (χ0n) is 8.64. The molecule has 0 saturated carbocycles. The van der Waals surface area contributed by atoms with E-state index < -0.39 is 5.95 Å². The molecule has 16 heavy (non-hydrogen) atoms. The van der Waals surface area contributed by atoms with Crippen LogP contribution in [0.1, 0.15) is 5.69 Å². The third-order valence-corrected chi connectivity index (χ3v) is 2.07. The van der Waals surface area contributed by atoms with Crippen molar-refractivity contribution in [2.24, 2.45) is 0 Å². The molecule has 2 heterocycles. The molecule has 0 aliphatic carbocycles. The molecule has 82 valence electrons. The summed E-state index contributed by atoms with van der Waals surface area (Å²) in [7, 11) is 0. The van der Waals surface area contributed by atoms with E-state index in [-0.39, 0.29) is 5.75 Å². The van der Waals surface area contributed by atoms with Crippen molar-refractivity contribution in [1.82, 2.24) is 9.97 Å².